The van der Waals surface area contributed by atoms with Crippen LogP contribution in [0.2, 0.25) is 0 Å². The molecule has 1 atom stereocenters. The van der Waals surface area contributed by atoms with Gasteiger partial charge in [0.25, 0.3) is 11.7 Å². The number of aliphatic hydroxyl groups is 1. The molecule has 1 amide bonds. The number of Topliss-reactive ketones (excluding diaryl/α,β-unsaturated/α-hetero) is 1. The third-order valence-electron chi connectivity index (χ3n) is 6.19. The van der Waals surface area contributed by atoms with E-state index in [1.165, 1.54) is 12.0 Å². The van der Waals surface area contributed by atoms with Crippen molar-refractivity contribution in [3.05, 3.63) is 93.5 Å². The lowest BCUT2D eigenvalue weighted by molar-refractivity contribution is -0.139. The fourth-order valence-electron chi connectivity index (χ4n) is 4.37. The summed E-state index contributed by atoms with van der Waals surface area (Å²) in [7, 11) is 1.42. The number of hydrogen-bond donors (Lipinski definition) is 2. The normalized spacial score (nSPS) is 16.7. The van der Waals surface area contributed by atoms with Crippen LogP contribution in [0.4, 0.5) is 0 Å². The lowest BCUT2D eigenvalue weighted by atomic mass is 9.94. The Bertz CT molecular complexity index is 1340. The number of amides is 1. The molecular weight excluding hydrogens is 538 g/mol. The molecule has 1 heterocycles. The number of benzene rings is 3. The molecular formula is C29H28BrNO6. The Hall–Kier alpha value is -3.78. The van der Waals surface area contributed by atoms with Gasteiger partial charge in [0.15, 0.2) is 11.5 Å². The number of phenolic OH excluding ortho intramolecular Hbond substituents is 1. The van der Waals surface area contributed by atoms with Crippen LogP contribution in [0.3, 0.4) is 0 Å². The fourth-order valence-corrected chi connectivity index (χ4v) is 4.83. The van der Waals surface area contributed by atoms with Crippen molar-refractivity contribution >= 4 is 33.4 Å². The largest absolute Gasteiger partial charge is 0.507 e. The summed E-state index contributed by atoms with van der Waals surface area (Å²) in [6.45, 7) is 2.75. The molecule has 3 aromatic carbocycles. The number of likely N-dealkylation sites (tertiary alicyclic amines) is 1. The Morgan fingerprint density at radius 3 is 2.51 bits per heavy atom. The number of hydrogen-bond acceptors (Lipinski definition) is 6. The van der Waals surface area contributed by atoms with Crippen molar-refractivity contribution in [3.8, 4) is 17.2 Å². The van der Waals surface area contributed by atoms with E-state index in [-0.39, 0.29) is 29.4 Å². The first kappa shape index (κ1) is 26.3. The van der Waals surface area contributed by atoms with Crippen molar-refractivity contribution in [1.29, 1.82) is 0 Å². The third kappa shape index (κ3) is 5.49. The molecule has 1 aliphatic rings. The van der Waals surface area contributed by atoms with Gasteiger partial charge in [-0.25, -0.2) is 0 Å². The number of methoxy groups -OCH3 is 1. The quantitative estimate of drug-likeness (QED) is 0.199. The van der Waals surface area contributed by atoms with Gasteiger partial charge >= 0.3 is 0 Å². The number of ketones is 1. The van der Waals surface area contributed by atoms with Gasteiger partial charge in [0.1, 0.15) is 11.5 Å². The van der Waals surface area contributed by atoms with Crippen molar-refractivity contribution in [1.82, 2.24) is 4.90 Å². The predicted octanol–water partition coefficient (Wildman–Crippen LogP) is 5.62. The van der Waals surface area contributed by atoms with Crippen molar-refractivity contribution in [2.24, 2.45) is 0 Å². The molecule has 0 radical (unpaired) electrons. The Kier molecular flexibility index (Phi) is 8.18. The minimum Gasteiger partial charge on any atom is -0.507 e. The van der Waals surface area contributed by atoms with Crippen LogP contribution in [0, 0.1) is 0 Å². The molecule has 4 rings (SSSR count). The molecule has 0 saturated carbocycles. The van der Waals surface area contributed by atoms with Crippen LogP contribution in [0.5, 0.6) is 17.2 Å². The van der Waals surface area contributed by atoms with E-state index in [1.807, 2.05) is 37.3 Å². The molecule has 0 aliphatic carbocycles. The number of aliphatic hydroxyl groups excluding tert-OH is 1. The average molecular weight is 566 g/mol. The summed E-state index contributed by atoms with van der Waals surface area (Å²) >= 11 is 3.33. The summed E-state index contributed by atoms with van der Waals surface area (Å²) in [5.41, 5.74) is 1.84. The highest BCUT2D eigenvalue weighted by Crippen LogP contribution is 2.44. The monoisotopic (exact) mass is 565 g/mol. The molecule has 3 aromatic rings. The molecule has 1 aliphatic heterocycles. The Labute approximate surface area is 224 Å². The van der Waals surface area contributed by atoms with Crippen molar-refractivity contribution in [2.45, 2.75) is 25.8 Å². The average Bonchev–Trinajstić information content (AvgIpc) is 3.17. The van der Waals surface area contributed by atoms with E-state index in [2.05, 4.69) is 15.9 Å². The van der Waals surface area contributed by atoms with E-state index in [4.69, 9.17) is 9.47 Å². The van der Waals surface area contributed by atoms with Gasteiger partial charge in [-0.15, -0.1) is 0 Å². The number of phenols is 1. The number of nitrogens with zero attached hydrogens (tertiary/aromatic N) is 1. The van der Waals surface area contributed by atoms with Gasteiger partial charge in [-0.2, -0.15) is 0 Å². The molecule has 1 saturated heterocycles. The van der Waals surface area contributed by atoms with Crippen molar-refractivity contribution < 1.29 is 29.3 Å². The molecule has 2 N–H and O–H groups in total. The minimum atomic E-state index is -0.894. The van der Waals surface area contributed by atoms with Crippen LogP contribution in [0.1, 0.15) is 36.1 Å². The van der Waals surface area contributed by atoms with Gasteiger partial charge in [-0.3, -0.25) is 9.59 Å². The minimum absolute atomic E-state index is 0.0367. The van der Waals surface area contributed by atoms with Gasteiger partial charge in [0.2, 0.25) is 0 Å². The van der Waals surface area contributed by atoms with Crippen molar-refractivity contribution in [3.63, 3.8) is 0 Å². The van der Waals surface area contributed by atoms with Gasteiger partial charge in [-0.05, 0) is 64.2 Å². The van der Waals surface area contributed by atoms with Gasteiger partial charge in [-0.1, -0.05) is 49.4 Å². The Morgan fingerprint density at radius 1 is 1.05 bits per heavy atom. The summed E-state index contributed by atoms with van der Waals surface area (Å²) in [4.78, 5) is 28.1. The molecule has 0 bridgehead atoms. The highest BCUT2D eigenvalue weighted by Gasteiger charge is 2.46. The molecule has 1 fully saturated rings. The van der Waals surface area contributed by atoms with E-state index in [0.29, 0.717) is 34.4 Å². The molecule has 7 nitrogen and oxygen atoms in total. The standard InChI is InChI=1S/C29H28BrNO6/c1-3-14-37-21-11-7-10-19(15-21)26(32)24-25(20-16-22(30)27(33)23(17-20)36-2)31(29(35)28(24)34)13-12-18-8-5-4-6-9-18/h4-11,15-17,25,32-33H,3,12-14H2,1-2H3. The summed E-state index contributed by atoms with van der Waals surface area (Å²) < 4.78 is 11.3. The molecule has 0 spiro atoms. The predicted molar refractivity (Wildman–Crippen MR) is 144 cm³/mol. The highest BCUT2D eigenvalue weighted by atomic mass is 79.9. The van der Waals surface area contributed by atoms with E-state index < -0.39 is 17.7 Å². The molecule has 0 aromatic heterocycles. The Morgan fingerprint density at radius 2 is 1.81 bits per heavy atom. The number of halogens is 1. The SMILES string of the molecule is CCCOc1cccc(C(O)=C2C(=O)C(=O)N(CCc3ccccc3)C2c2cc(Br)c(O)c(OC)c2)c1. The molecule has 192 valence electrons. The zero-order valence-electron chi connectivity index (χ0n) is 20.6. The zero-order chi connectivity index (χ0) is 26.5. The first-order valence-electron chi connectivity index (χ1n) is 12.0. The number of ether oxygens (including phenoxy) is 2. The third-order valence-corrected chi connectivity index (χ3v) is 6.80. The summed E-state index contributed by atoms with van der Waals surface area (Å²) in [6, 6.07) is 18.7. The van der Waals surface area contributed by atoms with Gasteiger partial charge in [0, 0.05) is 12.1 Å². The highest BCUT2D eigenvalue weighted by molar-refractivity contribution is 9.10. The van der Waals surface area contributed by atoms with Gasteiger partial charge in [0.05, 0.1) is 29.8 Å². The van der Waals surface area contributed by atoms with Gasteiger partial charge < -0.3 is 24.6 Å². The van der Waals surface area contributed by atoms with Crippen LogP contribution >= 0.6 is 15.9 Å². The summed E-state index contributed by atoms with van der Waals surface area (Å²) in [5.74, 6) is -1.16. The smallest absolute Gasteiger partial charge is 0.295 e. The maximum atomic E-state index is 13.4. The van der Waals surface area contributed by atoms with E-state index in [1.54, 1.807) is 36.4 Å². The van der Waals surface area contributed by atoms with Crippen LogP contribution in [0.15, 0.2) is 76.8 Å². The first-order chi connectivity index (χ1) is 17.8. The summed E-state index contributed by atoms with van der Waals surface area (Å²) in [6.07, 6.45) is 1.33. The lowest BCUT2D eigenvalue weighted by Gasteiger charge is -2.26. The second-order valence-electron chi connectivity index (χ2n) is 8.66. The summed E-state index contributed by atoms with van der Waals surface area (Å²) in [5, 5.41) is 21.7. The number of rotatable bonds is 9. The zero-order valence-corrected chi connectivity index (χ0v) is 22.2. The van der Waals surface area contributed by atoms with Crippen LogP contribution in [-0.2, 0) is 16.0 Å². The second kappa shape index (κ2) is 11.5. The molecule has 37 heavy (non-hydrogen) atoms. The van der Waals surface area contributed by atoms with E-state index in [9.17, 15) is 19.8 Å². The molecule has 8 heteroatoms. The lowest BCUT2D eigenvalue weighted by Crippen LogP contribution is -2.31. The van der Waals surface area contributed by atoms with Crippen LogP contribution < -0.4 is 9.47 Å². The van der Waals surface area contributed by atoms with Crippen LogP contribution in [-0.4, -0.2) is 47.1 Å². The topological polar surface area (TPSA) is 96.3 Å². The number of carbonyl (C=O) groups excluding carboxylic acids is 2. The Balaban J connectivity index is 1.83. The van der Waals surface area contributed by atoms with E-state index in [0.717, 1.165) is 12.0 Å². The molecule has 1 unspecified atom stereocenters. The van der Waals surface area contributed by atoms with Crippen LogP contribution in [0.25, 0.3) is 5.76 Å². The first-order valence-corrected chi connectivity index (χ1v) is 12.8. The maximum Gasteiger partial charge on any atom is 0.295 e. The van der Waals surface area contributed by atoms with E-state index >= 15 is 0 Å². The number of aromatic hydroxyl groups is 1. The second-order valence-corrected chi connectivity index (χ2v) is 9.51. The van der Waals surface area contributed by atoms with Crippen molar-refractivity contribution in [2.75, 3.05) is 20.3 Å². The fraction of sp³-hybridized carbons (Fsp3) is 0.241. The number of carbonyl (C=O) groups is 2. The maximum absolute atomic E-state index is 13.4.